The minimum atomic E-state index is -0.660. The molecule has 0 aromatic rings. The van der Waals surface area contributed by atoms with Gasteiger partial charge in [0.05, 0.1) is 18.3 Å². The lowest BCUT2D eigenvalue weighted by Gasteiger charge is -2.42. The van der Waals surface area contributed by atoms with Crippen LogP contribution in [0.3, 0.4) is 0 Å². The highest BCUT2D eigenvalue weighted by Gasteiger charge is 2.46. The molecular formula is C30H44O5. The van der Waals surface area contributed by atoms with Crippen LogP contribution >= 0.6 is 0 Å². The standard InChI is InChI=1S/C30H44O5/c1-20-23(17-24(31)18-28(20)32)13-12-22-9-8-16-30(3)26(14-15-27(22)30)21(2)34-19-29(33)35-25-10-6-4-5-7-11-25/h12-14,21,24-25,27-28,31-32H,1,4-11,15-19H2,2-3H3/b22-12+,23-13-/t21?,24-,27+,28+,30-/m1/s1. The molecule has 5 heteroatoms. The van der Waals surface area contributed by atoms with Crippen molar-refractivity contribution in [2.24, 2.45) is 11.3 Å². The fourth-order valence-electron chi connectivity index (χ4n) is 6.81. The van der Waals surface area contributed by atoms with Crippen LogP contribution in [0.5, 0.6) is 0 Å². The third kappa shape index (κ3) is 6.18. The summed E-state index contributed by atoms with van der Waals surface area (Å²) in [5.74, 6) is 0.177. The van der Waals surface area contributed by atoms with Gasteiger partial charge in [-0.05, 0) is 92.8 Å². The molecule has 0 aromatic heterocycles. The predicted molar refractivity (Wildman–Crippen MR) is 138 cm³/mol. The van der Waals surface area contributed by atoms with E-state index in [2.05, 4.69) is 38.7 Å². The minimum absolute atomic E-state index is 0.0112. The van der Waals surface area contributed by atoms with Crippen molar-refractivity contribution < 1.29 is 24.5 Å². The molecule has 0 spiro atoms. The van der Waals surface area contributed by atoms with Gasteiger partial charge in [0, 0.05) is 6.42 Å². The van der Waals surface area contributed by atoms with Crippen LogP contribution in [0.4, 0.5) is 0 Å². The van der Waals surface area contributed by atoms with E-state index in [0.29, 0.717) is 18.8 Å². The van der Waals surface area contributed by atoms with Crippen LogP contribution in [0.25, 0.3) is 0 Å². The van der Waals surface area contributed by atoms with Gasteiger partial charge in [-0.3, -0.25) is 0 Å². The van der Waals surface area contributed by atoms with Crippen molar-refractivity contribution >= 4 is 5.97 Å². The second kappa shape index (κ2) is 11.6. The Kier molecular flexibility index (Phi) is 8.72. The first-order chi connectivity index (χ1) is 16.8. The molecule has 4 rings (SSSR count). The molecule has 5 atom stereocenters. The van der Waals surface area contributed by atoms with Gasteiger partial charge in [0.15, 0.2) is 0 Å². The number of allylic oxidation sites excluding steroid dienone is 4. The minimum Gasteiger partial charge on any atom is -0.461 e. The maximum absolute atomic E-state index is 12.4. The van der Waals surface area contributed by atoms with Crippen LogP contribution in [0.1, 0.15) is 90.9 Å². The molecule has 4 aliphatic rings. The quantitative estimate of drug-likeness (QED) is 0.287. The topological polar surface area (TPSA) is 76.0 Å². The Morgan fingerprint density at radius 2 is 1.94 bits per heavy atom. The highest BCUT2D eigenvalue weighted by molar-refractivity contribution is 5.71. The Balaban J connectivity index is 1.36. The molecule has 0 saturated heterocycles. The number of ether oxygens (including phenoxy) is 2. The van der Waals surface area contributed by atoms with Crippen LogP contribution < -0.4 is 0 Å². The van der Waals surface area contributed by atoms with Crippen LogP contribution in [0.15, 0.2) is 47.1 Å². The number of fused-ring (bicyclic) bond motifs is 1. The van der Waals surface area contributed by atoms with E-state index in [9.17, 15) is 15.0 Å². The average molecular weight is 485 g/mol. The molecule has 0 aromatic carbocycles. The number of aliphatic hydroxyl groups excluding tert-OH is 2. The number of aliphatic hydroxyl groups is 2. The maximum Gasteiger partial charge on any atom is 0.332 e. The zero-order chi connectivity index (χ0) is 25.0. The van der Waals surface area contributed by atoms with Gasteiger partial charge in [-0.25, -0.2) is 4.79 Å². The Labute approximate surface area is 211 Å². The molecule has 0 heterocycles. The van der Waals surface area contributed by atoms with Gasteiger partial charge in [-0.2, -0.15) is 0 Å². The molecule has 0 amide bonds. The highest BCUT2D eigenvalue weighted by Crippen LogP contribution is 2.55. The van der Waals surface area contributed by atoms with Crippen molar-refractivity contribution in [1.82, 2.24) is 0 Å². The molecule has 5 nitrogen and oxygen atoms in total. The number of hydrogen-bond donors (Lipinski definition) is 2. The Hall–Kier alpha value is -1.69. The van der Waals surface area contributed by atoms with Gasteiger partial charge in [0.1, 0.15) is 12.7 Å². The summed E-state index contributed by atoms with van der Waals surface area (Å²) in [6, 6.07) is 0. The van der Waals surface area contributed by atoms with Crippen molar-refractivity contribution in [2.75, 3.05) is 6.61 Å². The highest BCUT2D eigenvalue weighted by atomic mass is 16.6. The van der Waals surface area contributed by atoms with E-state index < -0.39 is 12.2 Å². The molecule has 2 N–H and O–H groups in total. The molecule has 3 fully saturated rings. The van der Waals surface area contributed by atoms with Crippen molar-refractivity contribution in [3.63, 3.8) is 0 Å². The van der Waals surface area contributed by atoms with E-state index in [4.69, 9.17) is 9.47 Å². The van der Waals surface area contributed by atoms with Gasteiger partial charge >= 0.3 is 5.97 Å². The Bertz CT molecular complexity index is 875. The van der Waals surface area contributed by atoms with E-state index in [1.54, 1.807) is 0 Å². The van der Waals surface area contributed by atoms with E-state index in [1.807, 2.05) is 0 Å². The molecule has 3 saturated carbocycles. The Morgan fingerprint density at radius 3 is 2.69 bits per heavy atom. The van der Waals surface area contributed by atoms with Crippen LogP contribution in [0.2, 0.25) is 0 Å². The maximum atomic E-state index is 12.4. The van der Waals surface area contributed by atoms with Crippen LogP contribution in [-0.4, -0.2) is 47.2 Å². The zero-order valence-corrected chi connectivity index (χ0v) is 21.6. The summed E-state index contributed by atoms with van der Waals surface area (Å²) in [4.78, 5) is 12.4. The second-order valence-electron chi connectivity index (χ2n) is 11.3. The molecule has 4 aliphatic carbocycles. The number of esters is 1. The molecule has 0 radical (unpaired) electrons. The van der Waals surface area contributed by atoms with Crippen molar-refractivity contribution in [3.8, 4) is 0 Å². The summed E-state index contributed by atoms with van der Waals surface area (Å²) in [6.45, 7) is 8.46. The molecule has 35 heavy (non-hydrogen) atoms. The number of rotatable bonds is 6. The lowest BCUT2D eigenvalue weighted by Crippen LogP contribution is -2.35. The van der Waals surface area contributed by atoms with Crippen LogP contribution in [-0.2, 0) is 14.3 Å². The largest absolute Gasteiger partial charge is 0.461 e. The fourth-order valence-corrected chi connectivity index (χ4v) is 6.81. The zero-order valence-electron chi connectivity index (χ0n) is 21.6. The third-order valence-corrected chi connectivity index (χ3v) is 8.86. The van der Waals surface area contributed by atoms with E-state index in [1.165, 1.54) is 24.0 Å². The van der Waals surface area contributed by atoms with E-state index >= 15 is 0 Å². The second-order valence-corrected chi connectivity index (χ2v) is 11.3. The molecule has 1 unspecified atom stereocenters. The number of hydrogen-bond acceptors (Lipinski definition) is 5. The Morgan fingerprint density at radius 1 is 1.20 bits per heavy atom. The van der Waals surface area contributed by atoms with Gasteiger partial charge in [-0.15, -0.1) is 0 Å². The summed E-state index contributed by atoms with van der Waals surface area (Å²) < 4.78 is 11.8. The number of carbonyl (C=O) groups excluding carboxylic acids is 1. The van der Waals surface area contributed by atoms with E-state index in [-0.39, 0.29) is 30.2 Å². The first-order valence-electron chi connectivity index (χ1n) is 13.7. The lowest BCUT2D eigenvalue weighted by molar-refractivity contribution is -0.156. The van der Waals surface area contributed by atoms with E-state index in [0.717, 1.165) is 62.5 Å². The molecule has 0 aliphatic heterocycles. The first-order valence-corrected chi connectivity index (χ1v) is 13.7. The number of carbonyl (C=O) groups is 1. The predicted octanol–water partition coefficient (Wildman–Crippen LogP) is 5.72. The van der Waals surface area contributed by atoms with Crippen molar-refractivity contribution in [3.05, 3.63) is 47.1 Å². The normalized spacial score (nSPS) is 35.5. The summed E-state index contributed by atoms with van der Waals surface area (Å²) in [6.07, 6.45) is 17.3. The smallest absolute Gasteiger partial charge is 0.332 e. The average Bonchev–Trinajstić information content (AvgIpc) is 2.98. The molecular weight excluding hydrogens is 440 g/mol. The summed E-state index contributed by atoms with van der Waals surface area (Å²) in [5, 5.41) is 20.2. The SMILES string of the molecule is C=C1/C(=C\C=C2/CCC[C@]3(C)C(C(C)OCC(=O)OC4CCCCCC4)=CC[C@@H]23)C[C@@H](O)C[C@@H]1O. The molecule has 194 valence electrons. The van der Waals surface area contributed by atoms with Crippen LogP contribution in [0, 0.1) is 11.3 Å². The van der Waals surface area contributed by atoms with Gasteiger partial charge in [0.2, 0.25) is 0 Å². The summed E-state index contributed by atoms with van der Waals surface area (Å²) >= 11 is 0. The van der Waals surface area contributed by atoms with Gasteiger partial charge in [0.25, 0.3) is 0 Å². The monoisotopic (exact) mass is 484 g/mol. The summed E-state index contributed by atoms with van der Waals surface area (Å²) in [5.41, 5.74) is 4.42. The summed E-state index contributed by atoms with van der Waals surface area (Å²) in [7, 11) is 0. The fraction of sp³-hybridized carbons (Fsp3) is 0.700. The lowest BCUT2D eigenvalue weighted by atomic mass is 9.63. The van der Waals surface area contributed by atoms with Gasteiger partial charge in [-0.1, -0.05) is 50.1 Å². The first kappa shape index (κ1) is 26.4. The van der Waals surface area contributed by atoms with Gasteiger partial charge < -0.3 is 19.7 Å². The van der Waals surface area contributed by atoms with Crippen molar-refractivity contribution in [1.29, 1.82) is 0 Å². The van der Waals surface area contributed by atoms with Crippen molar-refractivity contribution in [2.45, 2.75) is 115 Å². The molecule has 0 bridgehead atoms. The third-order valence-electron chi connectivity index (χ3n) is 8.86.